The normalized spacial score (nSPS) is 20.1. The third kappa shape index (κ3) is 3.29. The average Bonchev–Trinajstić information content (AvgIpc) is 2.41. The molecule has 1 aliphatic carbocycles. The fourth-order valence-electron chi connectivity index (χ4n) is 1.48. The molecule has 10 heavy (non-hydrogen) atoms. The first-order valence-corrected chi connectivity index (χ1v) is 6.35. The molecule has 1 aliphatic rings. The molecule has 0 aromatic rings. The Morgan fingerprint density at radius 2 is 2.00 bits per heavy atom. The van der Waals surface area contributed by atoms with E-state index in [1.54, 1.807) is 0 Å². The van der Waals surface area contributed by atoms with Gasteiger partial charge in [-0.2, -0.15) is 11.8 Å². The monoisotopic (exact) mass is 222 g/mol. The van der Waals surface area contributed by atoms with Crippen LogP contribution < -0.4 is 0 Å². The van der Waals surface area contributed by atoms with E-state index < -0.39 is 0 Å². The van der Waals surface area contributed by atoms with Crippen LogP contribution in [0.4, 0.5) is 0 Å². The van der Waals surface area contributed by atoms with Gasteiger partial charge in [0.15, 0.2) is 0 Å². The van der Waals surface area contributed by atoms with Gasteiger partial charge in [-0.1, -0.05) is 28.8 Å². The highest BCUT2D eigenvalue weighted by Crippen LogP contribution is 2.27. The molecule has 0 bridgehead atoms. The quantitative estimate of drug-likeness (QED) is 0.520. The SMILES string of the molecule is BrCCSCC1CCCC1. The Labute approximate surface area is 76.3 Å². The predicted molar refractivity (Wildman–Crippen MR) is 53.1 cm³/mol. The summed E-state index contributed by atoms with van der Waals surface area (Å²) in [5.41, 5.74) is 0. The molecule has 1 rings (SSSR count). The second kappa shape index (κ2) is 5.48. The third-order valence-electron chi connectivity index (χ3n) is 2.05. The van der Waals surface area contributed by atoms with Crippen molar-refractivity contribution in [3.8, 4) is 0 Å². The molecule has 1 saturated carbocycles. The number of hydrogen-bond donors (Lipinski definition) is 0. The number of thioether (sulfide) groups is 1. The summed E-state index contributed by atoms with van der Waals surface area (Å²) in [6, 6.07) is 0. The molecule has 2 heteroatoms. The van der Waals surface area contributed by atoms with Gasteiger partial charge in [-0.05, 0) is 24.5 Å². The molecule has 60 valence electrons. The minimum atomic E-state index is 1.06. The van der Waals surface area contributed by atoms with Crippen LogP contribution in [-0.4, -0.2) is 16.8 Å². The maximum atomic E-state index is 3.44. The van der Waals surface area contributed by atoms with E-state index in [0.29, 0.717) is 0 Å². The smallest absolute Gasteiger partial charge is 0.0122 e. The van der Waals surface area contributed by atoms with Crippen molar-refractivity contribution in [2.24, 2.45) is 5.92 Å². The van der Waals surface area contributed by atoms with Crippen molar-refractivity contribution in [2.75, 3.05) is 16.8 Å². The zero-order chi connectivity index (χ0) is 7.23. The second-order valence-corrected chi connectivity index (χ2v) is 4.86. The molecule has 0 atom stereocenters. The summed E-state index contributed by atoms with van der Waals surface area (Å²) in [4.78, 5) is 0. The highest BCUT2D eigenvalue weighted by atomic mass is 79.9. The van der Waals surface area contributed by atoms with E-state index in [1.165, 1.54) is 37.2 Å². The molecule has 0 spiro atoms. The lowest BCUT2D eigenvalue weighted by molar-refractivity contribution is 0.623. The molecule has 0 unspecified atom stereocenters. The molecule has 0 heterocycles. The molecule has 0 saturated heterocycles. The molecule has 0 aromatic heterocycles. The van der Waals surface area contributed by atoms with Crippen LogP contribution in [0.2, 0.25) is 0 Å². The van der Waals surface area contributed by atoms with Crippen LogP contribution in [0.3, 0.4) is 0 Å². The van der Waals surface area contributed by atoms with E-state index in [4.69, 9.17) is 0 Å². The van der Waals surface area contributed by atoms with Gasteiger partial charge in [0.25, 0.3) is 0 Å². The minimum Gasteiger partial charge on any atom is -0.161 e. The molecule has 0 nitrogen and oxygen atoms in total. The van der Waals surface area contributed by atoms with Crippen molar-refractivity contribution in [2.45, 2.75) is 25.7 Å². The van der Waals surface area contributed by atoms with Gasteiger partial charge in [-0.25, -0.2) is 0 Å². The highest BCUT2D eigenvalue weighted by molar-refractivity contribution is 9.09. The van der Waals surface area contributed by atoms with E-state index in [-0.39, 0.29) is 0 Å². The van der Waals surface area contributed by atoms with Gasteiger partial charge in [-0.15, -0.1) is 0 Å². The lowest BCUT2D eigenvalue weighted by atomic mass is 10.1. The molecule has 0 amide bonds. The lowest BCUT2D eigenvalue weighted by Gasteiger charge is -2.05. The fraction of sp³-hybridized carbons (Fsp3) is 1.00. The van der Waals surface area contributed by atoms with Crippen molar-refractivity contribution >= 4 is 27.7 Å². The molecular formula is C8H15BrS. The molecule has 1 fully saturated rings. The molecule has 0 N–H and O–H groups in total. The fourth-order valence-corrected chi connectivity index (χ4v) is 3.11. The first-order valence-electron chi connectivity index (χ1n) is 4.07. The van der Waals surface area contributed by atoms with E-state index in [2.05, 4.69) is 27.7 Å². The number of hydrogen-bond acceptors (Lipinski definition) is 1. The van der Waals surface area contributed by atoms with Crippen molar-refractivity contribution in [1.82, 2.24) is 0 Å². The van der Waals surface area contributed by atoms with E-state index in [1.807, 2.05) is 0 Å². The Bertz CT molecular complexity index is 79.3. The summed E-state index contributed by atoms with van der Waals surface area (Å²) >= 11 is 5.54. The largest absolute Gasteiger partial charge is 0.161 e. The van der Waals surface area contributed by atoms with Crippen LogP contribution >= 0.6 is 27.7 Å². The summed E-state index contributed by atoms with van der Waals surface area (Å²) in [5, 5.41) is 1.16. The minimum absolute atomic E-state index is 1.06. The summed E-state index contributed by atoms with van der Waals surface area (Å²) in [7, 11) is 0. The molecule has 0 radical (unpaired) electrons. The van der Waals surface area contributed by atoms with Crippen LogP contribution in [-0.2, 0) is 0 Å². The van der Waals surface area contributed by atoms with Crippen LogP contribution in [0.15, 0.2) is 0 Å². The Balaban J connectivity index is 1.91. The van der Waals surface area contributed by atoms with Gasteiger partial charge in [0.2, 0.25) is 0 Å². The van der Waals surface area contributed by atoms with Gasteiger partial charge >= 0.3 is 0 Å². The van der Waals surface area contributed by atoms with Gasteiger partial charge in [0.05, 0.1) is 0 Å². The maximum absolute atomic E-state index is 3.44. The van der Waals surface area contributed by atoms with Crippen LogP contribution in [0.5, 0.6) is 0 Å². The zero-order valence-corrected chi connectivity index (χ0v) is 8.72. The van der Waals surface area contributed by atoms with E-state index in [0.717, 1.165) is 11.2 Å². The average molecular weight is 223 g/mol. The van der Waals surface area contributed by atoms with Gasteiger partial charge in [0, 0.05) is 11.1 Å². The van der Waals surface area contributed by atoms with Crippen LogP contribution in [0.25, 0.3) is 0 Å². The predicted octanol–water partition coefficient (Wildman–Crippen LogP) is 3.30. The Kier molecular flexibility index (Phi) is 4.89. The Morgan fingerprint density at radius 1 is 1.30 bits per heavy atom. The van der Waals surface area contributed by atoms with Crippen molar-refractivity contribution in [1.29, 1.82) is 0 Å². The topological polar surface area (TPSA) is 0 Å². The zero-order valence-electron chi connectivity index (χ0n) is 6.31. The Hall–Kier alpha value is 0.830. The van der Waals surface area contributed by atoms with Crippen molar-refractivity contribution in [3.05, 3.63) is 0 Å². The van der Waals surface area contributed by atoms with E-state index in [9.17, 15) is 0 Å². The van der Waals surface area contributed by atoms with E-state index >= 15 is 0 Å². The van der Waals surface area contributed by atoms with Gasteiger partial charge < -0.3 is 0 Å². The summed E-state index contributed by atoms with van der Waals surface area (Å²) in [5.74, 6) is 3.76. The van der Waals surface area contributed by atoms with Crippen LogP contribution in [0.1, 0.15) is 25.7 Å². The lowest BCUT2D eigenvalue weighted by Crippen LogP contribution is -1.97. The molecule has 0 aliphatic heterocycles. The first-order chi connectivity index (χ1) is 4.93. The summed E-state index contributed by atoms with van der Waals surface area (Å²) < 4.78 is 0. The van der Waals surface area contributed by atoms with Crippen molar-refractivity contribution in [3.63, 3.8) is 0 Å². The number of rotatable bonds is 4. The van der Waals surface area contributed by atoms with Gasteiger partial charge in [-0.3, -0.25) is 0 Å². The highest BCUT2D eigenvalue weighted by Gasteiger charge is 2.13. The first kappa shape index (κ1) is 8.92. The van der Waals surface area contributed by atoms with Gasteiger partial charge in [0.1, 0.15) is 0 Å². The maximum Gasteiger partial charge on any atom is 0.0122 e. The van der Waals surface area contributed by atoms with Crippen LogP contribution in [0, 0.1) is 5.92 Å². The van der Waals surface area contributed by atoms with Crippen molar-refractivity contribution < 1.29 is 0 Å². The summed E-state index contributed by atoms with van der Waals surface area (Å²) in [6.45, 7) is 0. The molecular weight excluding hydrogens is 208 g/mol. The second-order valence-electron chi connectivity index (χ2n) is 2.91. The summed E-state index contributed by atoms with van der Waals surface area (Å²) in [6.07, 6.45) is 5.96. The third-order valence-corrected chi connectivity index (χ3v) is 4.17. The number of alkyl halides is 1. The standard InChI is InChI=1S/C8H15BrS/c9-5-6-10-7-8-3-1-2-4-8/h8H,1-7H2. The number of halogens is 1. The molecule has 0 aromatic carbocycles. The Morgan fingerprint density at radius 3 is 2.60 bits per heavy atom.